The second kappa shape index (κ2) is 8.37. The second-order valence-electron chi connectivity index (χ2n) is 6.08. The summed E-state index contributed by atoms with van der Waals surface area (Å²) < 4.78 is 1.10. The van der Waals surface area contributed by atoms with E-state index in [1.165, 1.54) is 6.08 Å². The SMILES string of the molecule is CNC(=O)c1ccc(CN(C)C(=O)/C=C/c2sc3ccccc3c2Cl)cc1. The van der Waals surface area contributed by atoms with E-state index in [9.17, 15) is 9.59 Å². The van der Waals surface area contributed by atoms with Crippen molar-refractivity contribution in [3.05, 3.63) is 75.6 Å². The summed E-state index contributed by atoms with van der Waals surface area (Å²) in [7, 11) is 3.34. The van der Waals surface area contributed by atoms with E-state index < -0.39 is 0 Å². The predicted octanol–water partition coefficient (Wildman–Crippen LogP) is 4.59. The fraction of sp³-hybridized carbons (Fsp3) is 0.143. The molecule has 0 atom stereocenters. The molecule has 2 aromatic carbocycles. The summed E-state index contributed by atoms with van der Waals surface area (Å²) in [4.78, 5) is 26.5. The average Bonchev–Trinajstić information content (AvgIpc) is 3.02. The summed E-state index contributed by atoms with van der Waals surface area (Å²) in [5.41, 5.74) is 1.54. The van der Waals surface area contributed by atoms with Gasteiger partial charge < -0.3 is 10.2 Å². The highest BCUT2D eigenvalue weighted by atomic mass is 35.5. The van der Waals surface area contributed by atoms with Gasteiger partial charge in [0.1, 0.15) is 0 Å². The first kappa shape index (κ1) is 19.1. The number of hydrogen-bond donors (Lipinski definition) is 1. The van der Waals surface area contributed by atoms with Gasteiger partial charge in [0.15, 0.2) is 0 Å². The quantitative estimate of drug-likeness (QED) is 0.639. The van der Waals surface area contributed by atoms with Gasteiger partial charge in [-0.05, 0) is 29.8 Å². The van der Waals surface area contributed by atoms with Crippen molar-refractivity contribution in [3.8, 4) is 0 Å². The monoisotopic (exact) mass is 398 g/mol. The Balaban J connectivity index is 1.67. The van der Waals surface area contributed by atoms with Crippen molar-refractivity contribution in [3.63, 3.8) is 0 Å². The van der Waals surface area contributed by atoms with Gasteiger partial charge in [0.25, 0.3) is 5.91 Å². The van der Waals surface area contributed by atoms with Crippen LogP contribution in [0.5, 0.6) is 0 Å². The number of carbonyl (C=O) groups is 2. The first-order valence-corrected chi connectivity index (χ1v) is 9.60. The maximum absolute atomic E-state index is 12.4. The third-order valence-corrected chi connectivity index (χ3v) is 5.83. The molecule has 1 N–H and O–H groups in total. The number of amides is 2. The molecule has 0 aliphatic rings. The van der Waals surface area contributed by atoms with E-state index in [1.54, 1.807) is 48.5 Å². The van der Waals surface area contributed by atoms with Crippen LogP contribution < -0.4 is 5.32 Å². The molecular weight excluding hydrogens is 380 g/mol. The molecule has 0 bridgehead atoms. The van der Waals surface area contributed by atoms with E-state index in [-0.39, 0.29) is 11.8 Å². The smallest absolute Gasteiger partial charge is 0.251 e. The third-order valence-electron chi connectivity index (χ3n) is 4.18. The molecule has 27 heavy (non-hydrogen) atoms. The predicted molar refractivity (Wildman–Crippen MR) is 112 cm³/mol. The molecule has 0 aliphatic carbocycles. The van der Waals surface area contributed by atoms with Gasteiger partial charge in [0, 0.05) is 47.2 Å². The normalized spacial score (nSPS) is 11.1. The zero-order valence-corrected chi connectivity index (χ0v) is 16.6. The van der Waals surface area contributed by atoms with Crippen LogP contribution in [0, 0.1) is 0 Å². The maximum atomic E-state index is 12.4. The average molecular weight is 399 g/mol. The Bertz CT molecular complexity index is 1010. The van der Waals surface area contributed by atoms with E-state index in [0.717, 1.165) is 20.5 Å². The van der Waals surface area contributed by atoms with Crippen LogP contribution in [-0.4, -0.2) is 30.8 Å². The lowest BCUT2D eigenvalue weighted by molar-refractivity contribution is -0.125. The van der Waals surface area contributed by atoms with Gasteiger partial charge in [-0.1, -0.05) is 41.9 Å². The van der Waals surface area contributed by atoms with Crippen molar-refractivity contribution in [1.82, 2.24) is 10.2 Å². The Hall–Kier alpha value is -2.63. The molecule has 3 aromatic rings. The van der Waals surface area contributed by atoms with Gasteiger partial charge in [0.2, 0.25) is 5.91 Å². The van der Waals surface area contributed by atoms with E-state index in [2.05, 4.69) is 5.32 Å². The summed E-state index contributed by atoms with van der Waals surface area (Å²) in [5, 5.41) is 4.26. The molecular formula is C21H19ClN2O2S. The first-order chi connectivity index (χ1) is 13.0. The van der Waals surface area contributed by atoms with Crippen LogP contribution in [0.15, 0.2) is 54.6 Å². The van der Waals surface area contributed by atoms with E-state index in [0.29, 0.717) is 17.1 Å². The molecule has 0 radical (unpaired) electrons. The van der Waals surface area contributed by atoms with E-state index in [1.807, 2.05) is 36.4 Å². The van der Waals surface area contributed by atoms with Gasteiger partial charge >= 0.3 is 0 Å². The number of benzene rings is 2. The molecule has 6 heteroatoms. The van der Waals surface area contributed by atoms with Crippen LogP contribution in [0.4, 0.5) is 0 Å². The number of carbonyl (C=O) groups excluding carboxylic acids is 2. The number of likely N-dealkylation sites (N-methyl/N-ethyl adjacent to an activating group) is 1. The van der Waals surface area contributed by atoms with Crippen molar-refractivity contribution in [2.45, 2.75) is 6.54 Å². The largest absolute Gasteiger partial charge is 0.355 e. The van der Waals surface area contributed by atoms with Crippen LogP contribution in [0.2, 0.25) is 5.02 Å². The Morgan fingerprint density at radius 1 is 1.15 bits per heavy atom. The molecule has 0 spiro atoms. The molecule has 4 nitrogen and oxygen atoms in total. The number of hydrogen-bond acceptors (Lipinski definition) is 3. The van der Waals surface area contributed by atoms with Gasteiger partial charge in [-0.15, -0.1) is 11.3 Å². The van der Waals surface area contributed by atoms with Gasteiger partial charge in [-0.2, -0.15) is 0 Å². The Kier molecular flexibility index (Phi) is 5.94. The fourth-order valence-electron chi connectivity index (χ4n) is 2.67. The molecule has 0 unspecified atom stereocenters. The minimum absolute atomic E-state index is 0.112. The molecule has 1 heterocycles. The van der Waals surface area contributed by atoms with Gasteiger partial charge in [-0.3, -0.25) is 9.59 Å². The van der Waals surface area contributed by atoms with Gasteiger partial charge in [0.05, 0.1) is 5.02 Å². The number of halogens is 1. The molecule has 0 aliphatic heterocycles. The standard InChI is InChI=1S/C21H19ClN2O2S/c1-23-21(26)15-9-7-14(8-10-15)13-24(2)19(25)12-11-18-20(22)16-5-3-4-6-17(16)27-18/h3-12H,13H2,1-2H3,(H,23,26)/b12-11+. The summed E-state index contributed by atoms with van der Waals surface area (Å²) in [6, 6.07) is 15.1. The van der Waals surface area contributed by atoms with Crippen molar-refractivity contribution in [2.75, 3.05) is 14.1 Å². The number of nitrogens with zero attached hydrogens (tertiary/aromatic N) is 1. The minimum atomic E-state index is -0.130. The molecule has 138 valence electrons. The Morgan fingerprint density at radius 3 is 2.52 bits per heavy atom. The van der Waals surface area contributed by atoms with Crippen LogP contribution in [0.1, 0.15) is 20.8 Å². The van der Waals surface area contributed by atoms with E-state index in [4.69, 9.17) is 11.6 Å². The van der Waals surface area contributed by atoms with Crippen LogP contribution in [-0.2, 0) is 11.3 Å². The Labute approximate surface area is 167 Å². The van der Waals surface area contributed by atoms with Crippen molar-refractivity contribution < 1.29 is 9.59 Å². The highest BCUT2D eigenvalue weighted by Gasteiger charge is 2.10. The molecule has 1 aromatic heterocycles. The number of fused-ring (bicyclic) bond motifs is 1. The second-order valence-corrected chi connectivity index (χ2v) is 7.54. The van der Waals surface area contributed by atoms with Crippen LogP contribution in [0.25, 0.3) is 16.2 Å². The highest BCUT2D eigenvalue weighted by Crippen LogP contribution is 2.35. The molecule has 3 rings (SSSR count). The lowest BCUT2D eigenvalue weighted by atomic mass is 10.1. The summed E-state index contributed by atoms with van der Waals surface area (Å²) in [6.07, 6.45) is 3.30. The zero-order valence-electron chi connectivity index (χ0n) is 15.0. The van der Waals surface area contributed by atoms with Crippen molar-refractivity contribution >= 4 is 50.9 Å². The Morgan fingerprint density at radius 2 is 1.85 bits per heavy atom. The van der Waals surface area contributed by atoms with Gasteiger partial charge in [-0.25, -0.2) is 0 Å². The first-order valence-electron chi connectivity index (χ1n) is 8.41. The molecule has 0 saturated heterocycles. The summed E-state index contributed by atoms with van der Waals surface area (Å²) in [5.74, 6) is -0.243. The minimum Gasteiger partial charge on any atom is -0.355 e. The molecule has 0 fully saturated rings. The topological polar surface area (TPSA) is 49.4 Å². The van der Waals surface area contributed by atoms with Crippen molar-refractivity contribution in [2.24, 2.45) is 0 Å². The third kappa shape index (κ3) is 4.38. The zero-order chi connectivity index (χ0) is 19.4. The molecule has 2 amide bonds. The highest BCUT2D eigenvalue weighted by molar-refractivity contribution is 7.20. The maximum Gasteiger partial charge on any atom is 0.251 e. The number of nitrogens with one attached hydrogen (secondary N) is 1. The lowest BCUT2D eigenvalue weighted by Gasteiger charge is -2.15. The summed E-state index contributed by atoms with van der Waals surface area (Å²) >= 11 is 7.96. The summed E-state index contributed by atoms with van der Waals surface area (Å²) in [6.45, 7) is 0.456. The van der Waals surface area contributed by atoms with Crippen molar-refractivity contribution in [1.29, 1.82) is 0 Å². The lowest BCUT2D eigenvalue weighted by Crippen LogP contribution is -2.24. The number of rotatable bonds is 5. The van der Waals surface area contributed by atoms with Crippen LogP contribution in [0.3, 0.4) is 0 Å². The van der Waals surface area contributed by atoms with Crippen LogP contribution >= 0.6 is 22.9 Å². The number of thiophene rings is 1. The fourth-order valence-corrected chi connectivity index (χ4v) is 4.07. The molecule has 0 saturated carbocycles. The van der Waals surface area contributed by atoms with E-state index >= 15 is 0 Å².